The van der Waals surface area contributed by atoms with Gasteiger partial charge in [0.2, 0.25) is 0 Å². The molecule has 31 heavy (non-hydrogen) atoms. The van der Waals surface area contributed by atoms with Gasteiger partial charge in [0.25, 0.3) is 0 Å². The number of nitrogens with zero attached hydrogens (tertiary/aromatic N) is 6. The predicted octanol–water partition coefficient (Wildman–Crippen LogP) is 2.75. The molecule has 2 aliphatic rings. The summed E-state index contributed by atoms with van der Waals surface area (Å²) in [6.45, 7) is 5.94. The molecule has 1 fully saturated rings. The van der Waals surface area contributed by atoms with E-state index in [1.165, 1.54) is 35.6 Å². The number of pyridine rings is 1. The van der Waals surface area contributed by atoms with Gasteiger partial charge in [-0.25, -0.2) is 4.98 Å². The Morgan fingerprint density at radius 2 is 1.94 bits per heavy atom. The minimum absolute atomic E-state index is 0. The number of hydrogen-bond donors (Lipinski definition) is 1. The monoisotopic (exact) mass is 468 g/mol. The van der Waals surface area contributed by atoms with Crippen molar-refractivity contribution >= 4 is 36.7 Å². The van der Waals surface area contributed by atoms with E-state index in [9.17, 15) is 15.2 Å². The van der Waals surface area contributed by atoms with Crippen LogP contribution >= 0.6 is 25.1 Å². The lowest BCUT2D eigenvalue weighted by atomic mass is 10.0. The maximum atomic E-state index is 10.9. The Labute approximate surface area is 193 Å². The molecule has 0 amide bonds. The summed E-state index contributed by atoms with van der Waals surface area (Å²) in [5.74, 6) is 0.753. The molecule has 9 nitrogen and oxygen atoms in total. The van der Waals surface area contributed by atoms with E-state index in [1.807, 2.05) is 0 Å². The number of imidazole rings is 1. The second-order valence-corrected chi connectivity index (χ2v) is 8.87. The van der Waals surface area contributed by atoms with Crippen molar-refractivity contribution in [2.24, 2.45) is 0 Å². The number of rotatable bonds is 6. The van der Waals surface area contributed by atoms with E-state index in [0.717, 1.165) is 44.1 Å². The first-order chi connectivity index (χ1) is 14.3. The van der Waals surface area contributed by atoms with Gasteiger partial charge in [-0.2, -0.15) is 13.5 Å². The van der Waals surface area contributed by atoms with Crippen molar-refractivity contribution in [3.05, 3.63) is 45.0 Å². The first-order valence-electron chi connectivity index (χ1n) is 10.4. The van der Waals surface area contributed by atoms with E-state index in [1.54, 1.807) is 6.92 Å². The average Bonchev–Trinajstić information content (AvgIpc) is 3.08. The van der Waals surface area contributed by atoms with E-state index >= 15 is 0 Å². The summed E-state index contributed by atoms with van der Waals surface area (Å²) < 4.78 is 1.42. The quantitative estimate of drug-likeness (QED) is 0.513. The van der Waals surface area contributed by atoms with Gasteiger partial charge in [-0.15, -0.1) is 0 Å². The van der Waals surface area contributed by atoms with Crippen LogP contribution in [0.5, 0.6) is 0 Å². The molecule has 1 atom stereocenters. The van der Waals surface area contributed by atoms with Crippen molar-refractivity contribution in [3.63, 3.8) is 0 Å². The van der Waals surface area contributed by atoms with Crippen LogP contribution < -0.4 is 4.90 Å². The third kappa shape index (κ3) is 5.68. The largest absolute Gasteiger partial charge is 0.387 e. The summed E-state index contributed by atoms with van der Waals surface area (Å²) in [5, 5.41) is 21.8. The molecule has 0 saturated carbocycles. The first kappa shape index (κ1) is 23.8. The molecule has 0 aliphatic carbocycles. The number of nitro groups is 1. The lowest BCUT2D eigenvalue weighted by molar-refractivity contribution is -0.389. The topological polar surface area (TPSA) is 101 Å². The zero-order chi connectivity index (χ0) is 21.3. The molecule has 11 heteroatoms. The number of fused-ring (bicyclic) bond motifs is 1. The fourth-order valence-electron chi connectivity index (χ4n) is 4.37. The van der Waals surface area contributed by atoms with E-state index in [4.69, 9.17) is 16.6 Å². The standard InChI is InChI=1S/C20H27ClN6O3.H2S/c1-20(28,14-26-12-18(27(29)30)23-19(26)21)13-24-10-7-16-15(11-24)5-6-17(22-16)25-8-3-2-4-9-25;/h5-6,12,28H,2-4,7-11,13-14H2,1H3;1H2/t20-;/m0./s1. The van der Waals surface area contributed by atoms with Crippen LogP contribution in [0.4, 0.5) is 11.6 Å². The van der Waals surface area contributed by atoms with Crippen molar-refractivity contribution in [3.8, 4) is 0 Å². The highest BCUT2D eigenvalue weighted by Crippen LogP contribution is 2.25. The van der Waals surface area contributed by atoms with Gasteiger partial charge >= 0.3 is 11.1 Å². The molecule has 2 aliphatic heterocycles. The van der Waals surface area contributed by atoms with Crippen LogP contribution in [-0.4, -0.2) is 61.2 Å². The number of piperidine rings is 1. The van der Waals surface area contributed by atoms with E-state index in [2.05, 4.69) is 26.9 Å². The van der Waals surface area contributed by atoms with Gasteiger partial charge in [-0.3, -0.25) is 9.47 Å². The Bertz CT molecular complexity index is 932. The number of anilines is 1. The number of aliphatic hydroxyl groups is 1. The van der Waals surface area contributed by atoms with Crippen LogP contribution in [0.15, 0.2) is 18.3 Å². The Balaban J connectivity index is 0.00000272. The van der Waals surface area contributed by atoms with Gasteiger partial charge in [0.05, 0.1) is 12.1 Å². The Morgan fingerprint density at radius 1 is 1.19 bits per heavy atom. The van der Waals surface area contributed by atoms with Gasteiger partial charge in [0.1, 0.15) is 12.0 Å². The van der Waals surface area contributed by atoms with Crippen LogP contribution in [0.25, 0.3) is 0 Å². The molecular formula is C20H29ClN6O3S. The fourth-order valence-corrected chi connectivity index (χ4v) is 4.57. The molecular weight excluding hydrogens is 440 g/mol. The van der Waals surface area contributed by atoms with Gasteiger partial charge in [-0.1, -0.05) is 6.07 Å². The molecule has 2 aromatic rings. The van der Waals surface area contributed by atoms with Gasteiger partial charge in [0, 0.05) is 44.8 Å². The summed E-state index contributed by atoms with van der Waals surface area (Å²) in [6.07, 6.45) is 5.85. The molecule has 170 valence electrons. The molecule has 4 rings (SSSR count). The highest BCUT2D eigenvalue weighted by Gasteiger charge is 2.30. The third-order valence-corrected chi connectivity index (χ3v) is 6.07. The minimum Gasteiger partial charge on any atom is -0.387 e. The molecule has 0 aromatic carbocycles. The maximum absolute atomic E-state index is 10.9. The Kier molecular flexibility index (Phi) is 7.46. The maximum Gasteiger partial charge on any atom is 0.383 e. The number of β-amino-alcohol motifs (C(OH)–C–C–N with tert-alkyl or cyclic N) is 1. The van der Waals surface area contributed by atoms with Crippen LogP contribution in [-0.2, 0) is 19.5 Å². The summed E-state index contributed by atoms with van der Waals surface area (Å²) in [4.78, 5) is 23.5. The smallest absolute Gasteiger partial charge is 0.383 e. The lowest BCUT2D eigenvalue weighted by Gasteiger charge is -2.35. The number of hydrogen-bond acceptors (Lipinski definition) is 7. The van der Waals surface area contributed by atoms with Crippen LogP contribution in [0.3, 0.4) is 0 Å². The van der Waals surface area contributed by atoms with Crippen LogP contribution in [0.1, 0.15) is 37.4 Å². The summed E-state index contributed by atoms with van der Waals surface area (Å²) in [5.41, 5.74) is 1.22. The van der Waals surface area contributed by atoms with E-state index in [0.29, 0.717) is 6.54 Å². The summed E-state index contributed by atoms with van der Waals surface area (Å²) in [6, 6.07) is 4.26. The summed E-state index contributed by atoms with van der Waals surface area (Å²) in [7, 11) is 0. The van der Waals surface area contributed by atoms with Crippen molar-refractivity contribution in [2.45, 2.75) is 51.3 Å². The van der Waals surface area contributed by atoms with Crippen molar-refractivity contribution < 1.29 is 10.0 Å². The number of halogens is 1. The fraction of sp³-hybridized carbons (Fsp3) is 0.600. The average molecular weight is 469 g/mol. The lowest BCUT2D eigenvalue weighted by Crippen LogP contribution is -2.45. The van der Waals surface area contributed by atoms with Crippen molar-refractivity contribution in [2.75, 3.05) is 31.1 Å². The second kappa shape index (κ2) is 9.72. The highest BCUT2D eigenvalue weighted by molar-refractivity contribution is 7.59. The number of aromatic nitrogens is 3. The van der Waals surface area contributed by atoms with Gasteiger partial charge < -0.3 is 20.1 Å². The van der Waals surface area contributed by atoms with Gasteiger partial charge in [-0.05, 0) is 59.3 Å². The van der Waals surface area contributed by atoms with Crippen molar-refractivity contribution in [1.82, 2.24) is 19.4 Å². The minimum atomic E-state index is -1.11. The molecule has 4 heterocycles. The predicted molar refractivity (Wildman–Crippen MR) is 124 cm³/mol. The molecule has 1 saturated heterocycles. The second-order valence-electron chi connectivity index (χ2n) is 8.53. The SMILES string of the molecule is C[C@](O)(CN1CCc2nc(N3CCCCC3)ccc2C1)Cn1cc([N+](=O)[O-])nc1Cl.S. The molecule has 0 unspecified atom stereocenters. The zero-order valence-electron chi connectivity index (χ0n) is 17.6. The van der Waals surface area contributed by atoms with Crippen LogP contribution in [0.2, 0.25) is 5.28 Å². The Hall–Kier alpha value is -1.88. The van der Waals surface area contributed by atoms with E-state index < -0.39 is 10.5 Å². The zero-order valence-corrected chi connectivity index (χ0v) is 19.4. The molecule has 0 bridgehead atoms. The molecule has 2 aromatic heterocycles. The van der Waals surface area contributed by atoms with Crippen molar-refractivity contribution in [1.29, 1.82) is 0 Å². The normalized spacial score (nSPS) is 18.7. The van der Waals surface area contributed by atoms with Crippen LogP contribution in [0, 0.1) is 10.1 Å². The molecule has 1 N–H and O–H groups in total. The van der Waals surface area contributed by atoms with E-state index in [-0.39, 0.29) is 31.1 Å². The van der Waals surface area contributed by atoms with Gasteiger partial charge in [0.15, 0.2) is 0 Å². The molecule has 0 spiro atoms. The first-order valence-corrected chi connectivity index (χ1v) is 10.7. The Morgan fingerprint density at radius 3 is 2.61 bits per heavy atom. The highest BCUT2D eigenvalue weighted by atomic mass is 35.5. The molecule has 0 radical (unpaired) electrons. The summed E-state index contributed by atoms with van der Waals surface area (Å²) >= 11 is 5.99. The third-order valence-electron chi connectivity index (χ3n) is 5.77.